The van der Waals surface area contributed by atoms with E-state index in [0.717, 1.165) is 13.0 Å². The van der Waals surface area contributed by atoms with Crippen LogP contribution in [0.5, 0.6) is 0 Å². The highest BCUT2D eigenvalue weighted by Crippen LogP contribution is 2.28. The molecule has 0 saturated carbocycles. The van der Waals surface area contributed by atoms with Gasteiger partial charge in [0.1, 0.15) is 0 Å². The molecule has 2 unspecified atom stereocenters. The fourth-order valence-electron chi connectivity index (χ4n) is 2.17. The lowest BCUT2D eigenvalue weighted by Gasteiger charge is -2.08. The van der Waals surface area contributed by atoms with Gasteiger partial charge in [-0.1, -0.05) is 11.6 Å². The molecule has 0 bridgehead atoms. The van der Waals surface area contributed by atoms with E-state index in [0.29, 0.717) is 11.5 Å². The van der Waals surface area contributed by atoms with Crippen LogP contribution in [-0.4, -0.2) is 18.1 Å². The third-order valence-corrected chi connectivity index (χ3v) is 3.31. The summed E-state index contributed by atoms with van der Waals surface area (Å²) in [7, 11) is 0. The molecule has 2 atom stereocenters. The van der Waals surface area contributed by atoms with E-state index in [4.69, 9.17) is 16.3 Å². The zero-order valence-electron chi connectivity index (χ0n) is 7.97. The first-order chi connectivity index (χ1) is 6.34. The van der Waals surface area contributed by atoms with E-state index in [1.807, 2.05) is 0 Å². The smallest absolute Gasteiger partial charge is 0.0579 e. The summed E-state index contributed by atoms with van der Waals surface area (Å²) in [6, 6.07) is 0. The van der Waals surface area contributed by atoms with Crippen LogP contribution in [0.3, 0.4) is 0 Å². The van der Waals surface area contributed by atoms with Crippen molar-refractivity contribution in [1.82, 2.24) is 0 Å². The first kappa shape index (κ1) is 9.54. The average Bonchev–Trinajstić information content (AvgIpc) is 2.71. The lowest BCUT2D eigenvalue weighted by atomic mass is 10.1. The Hall–Kier alpha value is -0.0100. The molecule has 1 nitrogen and oxygen atoms in total. The number of hydrogen-bond donors (Lipinski definition) is 0. The maximum Gasteiger partial charge on any atom is 0.0579 e. The third-order valence-electron chi connectivity index (χ3n) is 2.97. The molecule has 2 rings (SSSR count). The van der Waals surface area contributed by atoms with Crippen molar-refractivity contribution in [2.45, 2.75) is 50.0 Å². The summed E-state index contributed by atoms with van der Waals surface area (Å²) in [6.45, 7) is 0.974. The van der Waals surface area contributed by atoms with Crippen LogP contribution in [0.4, 0.5) is 0 Å². The predicted octanol–water partition coefficient (Wildman–Crippen LogP) is 3.27. The minimum absolute atomic E-state index is 0.305. The Balaban J connectivity index is 1.70. The molecule has 0 aromatic carbocycles. The minimum atomic E-state index is 0.305. The van der Waals surface area contributed by atoms with Gasteiger partial charge in [0, 0.05) is 6.61 Å². The summed E-state index contributed by atoms with van der Waals surface area (Å²) in [6.07, 6.45) is 10.0. The quantitative estimate of drug-likeness (QED) is 0.502. The molecule has 2 heteroatoms. The lowest BCUT2D eigenvalue weighted by Crippen LogP contribution is -2.04. The molecule has 1 fully saturated rings. The van der Waals surface area contributed by atoms with Gasteiger partial charge in [0.2, 0.25) is 0 Å². The second-order valence-corrected chi connectivity index (χ2v) is 4.61. The van der Waals surface area contributed by atoms with Crippen molar-refractivity contribution in [3.05, 3.63) is 11.6 Å². The van der Waals surface area contributed by atoms with Crippen molar-refractivity contribution in [2.75, 3.05) is 6.61 Å². The summed E-state index contributed by atoms with van der Waals surface area (Å²) in [4.78, 5) is 0. The van der Waals surface area contributed by atoms with E-state index < -0.39 is 0 Å². The van der Waals surface area contributed by atoms with E-state index in [1.54, 1.807) is 5.57 Å². The molecular weight excluding hydrogens is 184 g/mol. The lowest BCUT2D eigenvalue weighted by molar-refractivity contribution is 0.104. The highest BCUT2D eigenvalue weighted by molar-refractivity contribution is 6.22. The van der Waals surface area contributed by atoms with Crippen molar-refractivity contribution >= 4 is 11.6 Å². The fourth-order valence-corrected chi connectivity index (χ4v) is 2.46. The van der Waals surface area contributed by atoms with Gasteiger partial charge in [-0.2, -0.15) is 0 Å². The highest BCUT2D eigenvalue weighted by atomic mass is 35.5. The molecule has 13 heavy (non-hydrogen) atoms. The third kappa shape index (κ3) is 2.72. The molecule has 74 valence electrons. The number of alkyl halides is 1. The van der Waals surface area contributed by atoms with Gasteiger partial charge in [0.05, 0.1) is 11.5 Å². The van der Waals surface area contributed by atoms with Crippen molar-refractivity contribution < 1.29 is 4.74 Å². The Labute approximate surface area is 85.1 Å². The summed E-state index contributed by atoms with van der Waals surface area (Å²) < 4.78 is 5.58. The van der Waals surface area contributed by atoms with Gasteiger partial charge in [-0.3, -0.25) is 0 Å². The molecule has 1 heterocycles. The molecule has 1 aliphatic heterocycles. The van der Waals surface area contributed by atoms with Crippen LogP contribution < -0.4 is 0 Å². The molecule has 1 aliphatic carbocycles. The summed E-state index contributed by atoms with van der Waals surface area (Å²) >= 11 is 5.99. The van der Waals surface area contributed by atoms with Crippen molar-refractivity contribution in [3.8, 4) is 0 Å². The molecule has 1 saturated heterocycles. The Morgan fingerprint density at radius 2 is 2.38 bits per heavy atom. The molecule has 0 aromatic rings. The van der Waals surface area contributed by atoms with Crippen LogP contribution in [0.25, 0.3) is 0 Å². The van der Waals surface area contributed by atoms with E-state index in [9.17, 15) is 0 Å². The number of allylic oxidation sites excluding steroid dienone is 2. The van der Waals surface area contributed by atoms with Gasteiger partial charge in [-0.25, -0.2) is 0 Å². The van der Waals surface area contributed by atoms with Crippen LogP contribution in [0, 0.1) is 0 Å². The Bertz CT molecular complexity index is 194. The number of halogens is 1. The maximum absolute atomic E-state index is 5.99. The summed E-state index contributed by atoms with van der Waals surface area (Å²) in [5, 5.41) is 0.305. The second kappa shape index (κ2) is 4.47. The fraction of sp³-hybridized carbons (Fsp3) is 0.818. The van der Waals surface area contributed by atoms with E-state index in [1.165, 1.54) is 32.1 Å². The average molecular weight is 201 g/mol. The molecule has 0 amide bonds. The second-order valence-electron chi connectivity index (χ2n) is 4.05. The van der Waals surface area contributed by atoms with Crippen LogP contribution in [0.1, 0.15) is 38.5 Å². The Kier molecular flexibility index (Phi) is 3.28. The van der Waals surface area contributed by atoms with Gasteiger partial charge in [-0.15, -0.1) is 11.6 Å². The minimum Gasteiger partial charge on any atom is -0.378 e. The van der Waals surface area contributed by atoms with Crippen LogP contribution in [0.2, 0.25) is 0 Å². The standard InChI is InChI=1S/C11H17ClO/c12-10-5-3-9(8-10)4-6-11-2-1-7-13-11/h8,10-11H,1-7H2. The topological polar surface area (TPSA) is 9.23 Å². The molecule has 0 spiro atoms. The number of rotatable bonds is 3. The first-order valence-corrected chi connectivity index (χ1v) is 5.73. The summed E-state index contributed by atoms with van der Waals surface area (Å²) in [5.74, 6) is 0. The number of hydrogen-bond acceptors (Lipinski definition) is 1. The monoisotopic (exact) mass is 200 g/mol. The predicted molar refractivity (Wildman–Crippen MR) is 55.2 cm³/mol. The molecule has 0 aromatic heterocycles. The van der Waals surface area contributed by atoms with Gasteiger partial charge < -0.3 is 4.74 Å². The summed E-state index contributed by atoms with van der Waals surface area (Å²) in [5.41, 5.74) is 1.55. The van der Waals surface area contributed by atoms with E-state index in [-0.39, 0.29) is 0 Å². The maximum atomic E-state index is 5.99. The van der Waals surface area contributed by atoms with Crippen LogP contribution in [-0.2, 0) is 4.74 Å². The van der Waals surface area contributed by atoms with Crippen molar-refractivity contribution in [2.24, 2.45) is 0 Å². The molecule has 0 N–H and O–H groups in total. The van der Waals surface area contributed by atoms with Gasteiger partial charge in [0.25, 0.3) is 0 Å². The van der Waals surface area contributed by atoms with Gasteiger partial charge in [-0.05, 0) is 38.5 Å². The SMILES string of the molecule is ClC1C=C(CCC2CCCO2)CC1. The van der Waals surface area contributed by atoms with Crippen LogP contribution in [0.15, 0.2) is 11.6 Å². The largest absolute Gasteiger partial charge is 0.378 e. The number of ether oxygens (including phenoxy) is 1. The molecule has 0 radical (unpaired) electrons. The first-order valence-electron chi connectivity index (χ1n) is 5.30. The normalized spacial score (nSPS) is 33.8. The highest BCUT2D eigenvalue weighted by Gasteiger charge is 2.18. The van der Waals surface area contributed by atoms with Gasteiger partial charge in [0.15, 0.2) is 0 Å². The molecular formula is C11H17ClO. The molecule has 2 aliphatic rings. The van der Waals surface area contributed by atoms with Gasteiger partial charge >= 0.3 is 0 Å². The zero-order valence-corrected chi connectivity index (χ0v) is 8.72. The Morgan fingerprint density at radius 1 is 1.46 bits per heavy atom. The Morgan fingerprint density at radius 3 is 3.00 bits per heavy atom. The zero-order chi connectivity index (χ0) is 9.10. The van der Waals surface area contributed by atoms with Crippen LogP contribution >= 0.6 is 11.6 Å². The van der Waals surface area contributed by atoms with Crippen molar-refractivity contribution in [1.29, 1.82) is 0 Å². The van der Waals surface area contributed by atoms with E-state index in [2.05, 4.69) is 6.08 Å². The van der Waals surface area contributed by atoms with E-state index >= 15 is 0 Å². The van der Waals surface area contributed by atoms with Crippen molar-refractivity contribution in [3.63, 3.8) is 0 Å².